The third kappa shape index (κ3) is 3.35. The Hall–Kier alpha value is -1.46. The summed E-state index contributed by atoms with van der Waals surface area (Å²) in [6, 6.07) is 7.56. The van der Waals surface area contributed by atoms with Gasteiger partial charge in [0.25, 0.3) is 0 Å². The summed E-state index contributed by atoms with van der Waals surface area (Å²) in [5.41, 5.74) is 1.25. The number of nitrogens with one attached hydrogen (secondary N) is 1. The molecule has 0 heterocycles. The van der Waals surface area contributed by atoms with Crippen LogP contribution < -0.4 is 10.1 Å². The van der Waals surface area contributed by atoms with Crippen LogP contribution in [0, 0.1) is 5.82 Å². The van der Waals surface area contributed by atoms with E-state index in [1.807, 2.05) is 0 Å². The van der Waals surface area contributed by atoms with Gasteiger partial charge in [-0.2, -0.15) is 0 Å². The summed E-state index contributed by atoms with van der Waals surface area (Å²) in [6.45, 7) is 0.347. The van der Waals surface area contributed by atoms with Crippen molar-refractivity contribution >= 4 is 33.2 Å². The molecule has 2 aromatic rings. The zero-order valence-electron chi connectivity index (χ0n) is 10.6. The highest BCUT2D eigenvalue weighted by Gasteiger charge is 2.09. The van der Waals surface area contributed by atoms with Gasteiger partial charge in [-0.05, 0) is 40.2 Å². The van der Waals surface area contributed by atoms with Crippen LogP contribution in [0.1, 0.15) is 5.56 Å². The van der Waals surface area contributed by atoms with Gasteiger partial charge in [-0.3, -0.25) is 0 Å². The zero-order valence-corrected chi connectivity index (χ0v) is 12.9. The van der Waals surface area contributed by atoms with Crippen LogP contribution in [0.3, 0.4) is 0 Å². The van der Waals surface area contributed by atoms with Gasteiger partial charge in [0, 0.05) is 22.6 Å². The van der Waals surface area contributed by atoms with Gasteiger partial charge in [0.05, 0.1) is 17.8 Å². The molecule has 0 aliphatic rings. The third-order valence-corrected chi connectivity index (χ3v) is 3.68. The van der Waals surface area contributed by atoms with Crippen LogP contribution in [0.2, 0.25) is 5.02 Å². The fourth-order valence-corrected chi connectivity index (χ4v) is 2.67. The highest BCUT2D eigenvalue weighted by molar-refractivity contribution is 9.10. The van der Waals surface area contributed by atoms with E-state index >= 15 is 0 Å². The van der Waals surface area contributed by atoms with Crippen molar-refractivity contribution in [1.29, 1.82) is 0 Å². The summed E-state index contributed by atoms with van der Waals surface area (Å²) in [5.74, 6) is 0.276. The number of aromatic hydroxyl groups is 1. The first kappa shape index (κ1) is 14.9. The van der Waals surface area contributed by atoms with E-state index in [1.54, 1.807) is 12.1 Å². The topological polar surface area (TPSA) is 41.5 Å². The second-order valence-electron chi connectivity index (χ2n) is 4.09. The van der Waals surface area contributed by atoms with E-state index in [0.29, 0.717) is 28.0 Å². The van der Waals surface area contributed by atoms with E-state index in [9.17, 15) is 9.50 Å². The summed E-state index contributed by atoms with van der Waals surface area (Å²) < 4.78 is 18.7. The Balaban J connectivity index is 2.17. The smallest absolute Gasteiger partial charge is 0.125 e. The molecule has 0 aliphatic heterocycles. The Morgan fingerprint density at radius 1 is 1.35 bits per heavy atom. The Labute approximate surface area is 129 Å². The minimum atomic E-state index is -0.417. The first-order valence-corrected chi connectivity index (χ1v) is 6.92. The minimum absolute atomic E-state index is 0.117. The number of rotatable bonds is 4. The molecule has 0 bridgehead atoms. The number of hydrogen-bond donors (Lipinski definition) is 2. The summed E-state index contributed by atoms with van der Waals surface area (Å²) >= 11 is 9.22. The van der Waals surface area contributed by atoms with Crippen molar-refractivity contribution in [3.8, 4) is 11.5 Å². The van der Waals surface area contributed by atoms with E-state index < -0.39 is 5.82 Å². The van der Waals surface area contributed by atoms with Crippen LogP contribution in [0.4, 0.5) is 10.1 Å². The van der Waals surface area contributed by atoms with Crippen molar-refractivity contribution in [3.63, 3.8) is 0 Å². The molecule has 0 amide bonds. The first-order valence-electron chi connectivity index (χ1n) is 5.75. The van der Waals surface area contributed by atoms with Crippen LogP contribution in [0.5, 0.6) is 11.5 Å². The normalized spacial score (nSPS) is 10.4. The van der Waals surface area contributed by atoms with Gasteiger partial charge in [-0.25, -0.2) is 4.39 Å². The number of ether oxygens (including phenoxy) is 1. The van der Waals surface area contributed by atoms with E-state index in [2.05, 4.69) is 21.2 Å². The number of phenols is 1. The number of anilines is 1. The van der Waals surface area contributed by atoms with E-state index in [4.69, 9.17) is 16.3 Å². The fraction of sp³-hybridized carbons (Fsp3) is 0.143. The van der Waals surface area contributed by atoms with E-state index in [1.165, 1.54) is 25.3 Å². The van der Waals surface area contributed by atoms with Crippen molar-refractivity contribution < 1.29 is 14.2 Å². The van der Waals surface area contributed by atoms with Crippen LogP contribution in [-0.4, -0.2) is 12.2 Å². The molecule has 0 atom stereocenters. The van der Waals surface area contributed by atoms with Crippen LogP contribution in [0.25, 0.3) is 0 Å². The van der Waals surface area contributed by atoms with Crippen molar-refractivity contribution in [1.82, 2.24) is 0 Å². The van der Waals surface area contributed by atoms with Gasteiger partial charge in [-0.15, -0.1) is 0 Å². The molecule has 106 valence electrons. The second-order valence-corrected chi connectivity index (χ2v) is 5.35. The molecule has 0 saturated heterocycles. The first-order chi connectivity index (χ1) is 9.51. The van der Waals surface area contributed by atoms with Crippen LogP contribution >= 0.6 is 27.5 Å². The highest BCUT2D eigenvalue weighted by Crippen LogP contribution is 2.33. The Morgan fingerprint density at radius 2 is 2.10 bits per heavy atom. The lowest BCUT2D eigenvalue weighted by Gasteiger charge is -2.12. The molecule has 0 fully saturated rings. The Morgan fingerprint density at radius 3 is 2.70 bits per heavy atom. The molecule has 20 heavy (non-hydrogen) atoms. The lowest BCUT2D eigenvalue weighted by atomic mass is 10.2. The maximum atomic E-state index is 13.1. The van der Waals surface area contributed by atoms with Crippen molar-refractivity contribution in [3.05, 3.63) is 51.2 Å². The SMILES string of the molecule is COc1ccc(CNc2c(Cl)cc(F)cc2Br)c(O)c1. The fourth-order valence-electron chi connectivity index (χ4n) is 1.71. The van der Waals surface area contributed by atoms with E-state index in [0.717, 1.165) is 0 Å². The standard InChI is InChI=1S/C14H12BrClFNO2/c1-20-10-3-2-8(13(19)6-10)7-18-14-11(15)4-9(17)5-12(14)16/h2-6,18-19H,7H2,1H3. The van der Waals surface area contributed by atoms with Crippen molar-refractivity contribution in [2.45, 2.75) is 6.54 Å². The second kappa shape index (κ2) is 6.33. The monoisotopic (exact) mass is 359 g/mol. The maximum Gasteiger partial charge on any atom is 0.125 e. The van der Waals surface area contributed by atoms with Gasteiger partial charge in [0.15, 0.2) is 0 Å². The number of hydrogen-bond acceptors (Lipinski definition) is 3. The molecule has 3 nitrogen and oxygen atoms in total. The highest BCUT2D eigenvalue weighted by atomic mass is 79.9. The summed E-state index contributed by atoms with van der Waals surface area (Å²) in [7, 11) is 1.53. The Bertz CT molecular complexity index is 614. The maximum absolute atomic E-state index is 13.1. The zero-order chi connectivity index (χ0) is 14.7. The molecular formula is C14H12BrClFNO2. The molecule has 2 N–H and O–H groups in total. The molecule has 0 aliphatic carbocycles. The predicted octanol–water partition coefficient (Wildman–Crippen LogP) is 4.57. The van der Waals surface area contributed by atoms with Crippen LogP contribution in [0.15, 0.2) is 34.8 Å². The number of methoxy groups -OCH3 is 1. The van der Waals surface area contributed by atoms with Crippen LogP contribution in [-0.2, 0) is 6.54 Å². The molecule has 0 radical (unpaired) electrons. The average Bonchev–Trinajstić information content (AvgIpc) is 2.39. The quantitative estimate of drug-likeness (QED) is 0.839. The summed E-state index contributed by atoms with van der Waals surface area (Å²) in [4.78, 5) is 0. The summed E-state index contributed by atoms with van der Waals surface area (Å²) in [5, 5.41) is 13.2. The van der Waals surface area contributed by atoms with Gasteiger partial charge in [0.1, 0.15) is 17.3 Å². The molecular weight excluding hydrogens is 349 g/mol. The lowest BCUT2D eigenvalue weighted by Crippen LogP contribution is -2.01. The third-order valence-electron chi connectivity index (χ3n) is 2.75. The molecule has 6 heteroatoms. The lowest BCUT2D eigenvalue weighted by molar-refractivity contribution is 0.406. The molecule has 0 saturated carbocycles. The molecule has 0 aromatic heterocycles. The number of phenolic OH excluding ortho intramolecular Hbond substituents is 1. The number of benzene rings is 2. The van der Waals surface area contributed by atoms with Gasteiger partial charge in [0.2, 0.25) is 0 Å². The molecule has 2 aromatic carbocycles. The number of halogens is 3. The van der Waals surface area contributed by atoms with E-state index in [-0.39, 0.29) is 10.8 Å². The predicted molar refractivity (Wildman–Crippen MR) is 81.1 cm³/mol. The largest absolute Gasteiger partial charge is 0.507 e. The molecule has 0 spiro atoms. The summed E-state index contributed by atoms with van der Waals surface area (Å²) in [6.07, 6.45) is 0. The Kier molecular flexibility index (Phi) is 4.73. The van der Waals surface area contributed by atoms with Crippen molar-refractivity contribution in [2.24, 2.45) is 0 Å². The average molecular weight is 361 g/mol. The van der Waals surface area contributed by atoms with Crippen molar-refractivity contribution in [2.75, 3.05) is 12.4 Å². The molecule has 2 rings (SSSR count). The van der Waals surface area contributed by atoms with Gasteiger partial charge < -0.3 is 15.2 Å². The van der Waals surface area contributed by atoms with Gasteiger partial charge >= 0.3 is 0 Å². The van der Waals surface area contributed by atoms with Gasteiger partial charge in [-0.1, -0.05) is 11.6 Å². The minimum Gasteiger partial charge on any atom is -0.507 e. The molecule has 0 unspecified atom stereocenters.